The van der Waals surface area contributed by atoms with Crippen molar-refractivity contribution in [3.8, 4) is 0 Å². The van der Waals surface area contributed by atoms with Crippen LogP contribution in [0.2, 0.25) is 0 Å². The molecule has 0 aliphatic heterocycles. The molecule has 0 aromatic heterocycles. The lowest BCUT2D eigenvalue weighted by Crippen LogP contribution is -3.00. The molecule has 0 saturated carbocycles. The Kier molecular flexibility index (Phi) is 34100000. The average Bonchev–Trinajstić information content (AvgIpc) is 0. The highest BCUT2D eigenvalue weighted by Crippen LogP contribution is -0.289. The monoisotopic (exact) mass is 125 g/mol. The van der Waals surface area contributed by atoms with E-state index in [4.69, 9.17) is 0 Å². The van der Waals surface area contributed by atoms with Crippen LogP contribution in [0.4, 0.5) is 0 Å². The number of quaternary nitrogens is 4. The lowest BCUT2D eigenvalue weighted by Gasteiger charge is -1.00. The van der Waals surface area contributed by atoms with Crippen LogP contribution in [0.5, 0.6) is 0 Å². The van der Waals surface area contributed by atoms with Crippen molar-refractivity contribution in [3.05, 3.63) is 0 Å². The Morgan fingerprint density at radius 3 is 0.500 bits per heavy atom. The normalized spacial score (nSPS) is 0. The second-order valence-corrected chi connectivity index (χ2v) is 0. The van der Waals surface area contributed by atoms with Crippen LogP contribution in [0.25, 0.3) is 0 Å². The molecule has 48 valence electrons. The topological polar surface area (TPSA) is 178 Å². The molecule has 0 saturated heterocycles. The lowest BCUT2D eigenvalue weighted by atomic mass is 14.0. The van der Waals surface area contributed by atoms with Crippen molar-refractivity contribution in [1.82, 2.24) is 24.6 Å². The molecule has 0 bridgehead atoms. The van der Waals surface area contributed by atoms with E-state index in [1.54, 1.807) is 0 Å². The molecule has 0 spiro atoms. The summed E-state index contributed by atoms with van der Waals surface area (Å²) < 4.78 is 0. The van der Waals surface area contributed by atoms with Gasteiger partial charge in [-0.1, -0.05) is 0 Å². The zero-order valence-electron chi connectivity index (χ0n) is 4.88. The molecule has 0 aliphatic rings. The fourth-order valence-corrected chi connectivity index (χ4v) is 0. The average molecular weight is 126 g/mol. The Bertz CT molecular complexity index is 7.51. The van der Waals surface area contributed by atoms with Crippen LogP contribution in [-0.4, -0.2) is 5.48 Å². The minimum atomic E-state index is 0. The van der Waals surface area contributed by atoms with E-state index in [-0.39, 0.29) is 42.5 Å². The van der Waals surface area contributed by atoms with Crippen LogP contribution in [0.3, 0.4) is 0 Å². The second-order valence-electron chi connectivity index (χ2n) is 0. The Labute approximate surface area is 43.5 Å². The largest absolute Gasteiger partial charge is 1.00 e. The van der Waals surface area contributed by atoms with Crippen LogP contribution in [0, 0.1) is 0 Å². The maximum Gasteiger partial charge on any atom is -0.369 e. The van der Waals surface area contributed by atoms with E-state index in [0.717, 1.165) is 0 Å². The summed E-state index contributed by atoms with van der Waals surface area (Å²) in [6, 6.07) is 0. The Hall–Kier alpha value is 0.0900. The first-order valence-corrected chi connectivity index (χ1v) is 0. The molecule has 6 heteroatoms. The van der Waals surface area contributed by atoms with Crippen LogP contribution in [-0.2, 0) is 0 Å². The summed E-state index contributed by atoms with van der Waals surface area (Å²) in [6.45, 7) is 0. The van der Waals surface area contributed by atoms with Crippen molar-refractivity contribution in [1.29, 1.82) is 0 Å². The molecule has 0 amide bonds. The third kappa shape index (κ3) is 4820. The highest BCUT2D eigenvalue weighted by molar-refractivity contribution is 2.14. The molecule has 18 N–H and O–H groups in total. The van der Waals surface area contributed by atoms with E-state index in [1.165, 1.54) is 0 Å². The Morgan fingerprint density at radius 2 is 0.500 bits per heavy atom. The Balaban J connectivity index is 0. The van der Waals surface area contributed by atoms with Crippen molar-refractivity contribution >= 4 is 0 Å². The number of hydrogen-bond donors (Lipinski definition) is 4. The quantitative estimate of drug-likeness (QED) is 0.272. The zero-order valence-corrected chi connectivity index (χ0v) is 5.63. The number of halogens is 1. The van der Waals surface area contributed by atoms with Crippen molar-refractivity contribution in [2.24, 2.45) is 0 Å². The van der Waals surface area contributed by atoms with Crippen LogP contribution in [0.1, 0.15) is 0 Å². The molecule has 0 aromatic carbocycles. The van der Waals surface area contributed by atoms with Crippen LogP contribution >= 0.6 is 0 Å². The van der Waals surface area contributed by atoms with E-state index in [9.17, 15) is 0 Å². The second kappa shape index (κ2) is 10500. The molecule has 6 heavy (non-hydrogen) atoms. The summed E-state index contributed by atoms with van der Waals surface area (Å²) in [5.41, 5.74) is 0. The summed E-state index contributed by atoms with van der Waals surface area (Å²) >= 11 is 0. The van der Waals surface area contributed by atoms with Gasteiger partial charge in [-0.3, -0.25) is 0 Å². The van der Waals surface area contributed by atoms with Crippen molar-refractivity contribution in [2.75, 3.05) is 0 Å². The first kappa shape index (κ1) is 19500. The van der Waals surface area contributed by atoms with Crippen molar-refractivity contribution < 1.29 is 17.9 Å². The van der Waals surface area contributed by atoms with E-state index in [0.29, 0.717) is 0 Å². The van der Waals surface area contributed by atoms with Gasteiger partial charge in [-0.15, -0.1) is 0 Å². The third-order valence-corrected chi connectivity index (χ3v) is 0. The van der Waals surface area contributed by atoms with E-state index >= 15 is 0 Å². The van der Waals surface area contributed by atoms with E-state index < -0.39 is 0 Å². The van der Waals surface area contributed by atoms with E-state index in [2.05, 4.69) is 0 Å². The molecule has 0 aromatic rings. The van der Waals surface area contributed by atoms with Gasteiger partial charge in [-0.25, -0.2) is 0 Å². The molecule has 0 atom stereocenters. The maximum atomic E-state index is 0. The third-order valence-electron chi connectivity index (χ3n) is 0. The highest BCUT2D eigenvalue weighted by Gasteiger charge is -0.366. The fraction of sp³-hybridized carbons (Fsp3) is 0. The number of rotatable bonds is 0. The SMILES string of the molecule is O.[Cl-].[NH4+].[NH4+].[NH4+].[NH4+]. The van der Waals surface area contributed by atoms with Gasteiger partial charge in [0.1, 0.15) is 0 Å². The van der Waals surface area contributed by atoms with Crippen LogP contribution < -0.4 is 37.0 Å². The Morgan fingerprint density at radius 1 is 0.500 bits per heavy atom. The predicted octanol–water partition coefficient (Wildman–Crippen LogP) is -2.32. The molecule has 0 fully saturated rings. The van der Waals surface area contributed by atoms with Crippen molar-refractivity contribution in [2.45, 2.75) is 0 Å². The summed E-state index contributed by atoms with van der Waals surface area (Å²) in [6.07, 6.45) is 0. The molecule has 0 rings (SSSR count). The van der Waals surface area contributed by atoms with Gasteiger partial charge >= 0.3 is 0 Å². The smallest absolute Gasteiger partial charge is 0.369 e. The van der Waals surface area contributed by atoms with Gasteiger partial charge in [0.25, 0.3) is 0 Å². The molecule has 5 nitrogen and oxygen atoms in total. The van der Waals surface area contributed by atoms with Gasteiger partial charge in [0.2, 0.25) is 0 Å². The summed E-state index contributed by atoms with van der Waals surface area (Å²) in [7, 11) is 0. The molecule has 0 radical (unpaired) electrons. The standard InChI is InChI=1S/ClH.4H3N.H2O/h1H;4*1H3;1H2/p+3. The lowest BCUT2D eigenvalue weighted by molar-refractivity contribution is -0.00000308. The summed E-state index contributed by atoms with van der Waals surface area (Å²) in [5, 5.41) is 0. The highest BCUT2D eigenvalue weighted by atomic mass is 35.5. The molecule has 0 unspecified atom stereocenters. The van der Waals surface area contributed by atoms with Gasteiger partial charge in [-0.05, 0) is 0 Å². The molecule has 0 heterocycles. The molecule has 0 aliphatic carbocycles. The fourth-order valence-electron chi connectivity index (χ4n) is 0. The molecular formula is H18ClN4O+3. The predicted molar refractivity (Wildman–Crippen MR) is 27.6 cm³/mol. The van der Waals surface area contributed by atoms with Crippen molar-refractivity contribution in [3.63, 3.8) is 0 Å². The number of hydrogen-bond acceptors (Lipinski definition) is 0. The van der Waals surface area contributed by atoms with Gasteiger partial charge in [0.05, 0.1) is 0 Å². The van der Waals surface area contributed by atoms with Gasteiger partial charge in [0.15, 0.2) is 0 Å². The summed E-state index contributed by atoms with van der Waals surface area (Å²) in [5.74, 6) is 0. The van der Waals surface area contributed by atoms with E-state index in [1.807, 2.05) is 0 Å². The molecular weight excluding hydrogens is 107 g/mol. The first-order chi connectivity index (χ1) is 0. The zero-order chi connectivity index (χ0) is 0. The van der Waals surface area contributed by atoms with Gasteiger partial charge in [0, 0.05) is 0 Å². The first-order valence-electron chi connectivity index (χ1n) is 0. The van der Waals surface area contributed by atoms with Crippen LogP contribution in [0.15, 0.2) is 0 Å². The van der Waals surface area contributed by atoms with Gasteiger partial charge in [-0.2, -0.15) is 0 Å². The minimum absolute atomic E-state index is 0. The minimum Gasteiger partial charge on any atom is -1.00 e. The maximum absolute atomic E-state index is 0. The summed E-state index contributed by atoms with van der Waals surface area (Å²) in [4.78, 5) is 0. The van der Waals surface area contributed by atoms with Gasteiger partial charge < -0.3 is 42.5 Å².